The molecule has 1 aromatic rings. The maximum atomic E-state index is 10.7. The largest absolute Gasteiger partial charge is 0.382 e. The van der Waals surface area contributed by atoms with Crippen molar-refractivity contribution in [2.45, 2.75) is 31.4 Å². The van der Waals surface area contributed by atoms with Crippen LogP contribution in [0.4, 0.5) is 5.82 Å². The first kappa shape index (κ1) is 18.1. The monoisotopic (exact) mass is 344 g/mol. The average Bonchev–Trinajstić information content (AvgIpc) is 2.89. The van der Waals surface area contributed by atoms with E-state index in [0.717, 1.165) is 19.3 Å². The van der Waals surface area contributed by atoms with Crippen LogP contribution in [0.25, 0.3) is 0 Å². The van der Waals surface area contributed by atoms with Crippen molar-refractivity contribution in [3.63, 3.8) is 0 Å². The van der Waals surface area contributed by atoms with Crippen molar-refractivity contribution in [2.75, 3.05) is 12.4 Å². The number of allylic oxidation sites excluding steroid dienone is 1. The topological polar surface area (TPSA) is 61.9 Å². The lowest BCUT2D eigenvalue weighted by atomic mass is 9.93. The first-order valence-electron chi connectivity index (χ1n) is 7.66. The minimum absolute atomic E-state index is 0.264. The molecule has 2 rings (SSSR count). The number of nitrogens with zero attached hydrogens (tertiary/aromatic N) is 3. The van der Waals surface area contributed by atoms with Gasteiger partial charge in [0.2, 0.25) is 0 Å². The van der Waals surface area contributed by atoms with Gasteiger partial charge in [-0.25, -0.2) is 0 Å². The SMILES string of the molecule is C#CNc1c(/C(Cl)=N\C)c(C(O)C(=C)/N=C\C=C)cn1C1CCC1. The summed E-state index contributed by atoms with van der Waals surface area (Å²) in [5.74, 6) is 0.660. The lowest BCUT2D eigenvalue weighted by Crippen LogP contribution is -2.18. The van der Waals surface area contributed by atoms with E-state index in [9.17, 15) is 5.11 Å². The van der Waals surface area contributed by atoms with Crippen LogP contribution in [0.15, 0.2) is 41.1 Å². The lowest BCUT2D eigenvalue weighted by Gasteiger charge is -2.28. The average molecular weight is 345 g/mol. The van der Waals surface area contributed by atoms with Gasteiger partial charge in [-0.1, -0.05) is 37.3 Å². The quantitative estimate of drug-likeness (QED) is 0.450. The summed E-state index contributed by atoms with van der Waals surface area (Å²) >= 11 is 6.30. The third kappa shape index (κ3) is 3.45. The molecule has 0 radical (unpaired) electrons. The summed E-state index contributed by atoms with van der Waals surface area (Å²) in [5, 5.41) is 13.8. The zero-order valence-electron chi connectivity index (χ0n) is 13.7. The van der Waals surface area contributed by atoms with Gasteiger partial charge in [0.15, 0.2) is 0 Å². The molecule has 1 aromatic heterocycles. The molecule has 1 unspecified atom stereocenters. The lowest BCUT2D eigenvalue weighted by molar-refractivity contribution is 0.214. The van der Waals surface area contributed by atoms with Gasteiger partial charge in [-0.3, -0.25) is 9.98 Å². The first-order chi connectivity index (χ1) is 11.5. The van der Waals surface area contributed by atoms with Gasteiger partial charge in [-0.2, -0.15) is 0 Å². The van der Waals surface area contributed by atoms with Gasteiger partial charge in [0.25, 0.3) is 0 Å². The Morgan fingerprint density at radius 3 is 2.83 bits per heavy atom. The van der Waals surface area contributed by atoms with Crippen molar-refractivity contribution < 1.29 is 5.11 Å². The van der Waals surface area contributed by atoms with Crippen LogP contribution in [0.2, 0.25) is 0 Å². The van der Waals surface area contributed by atoms with Gasteiger partial charge in [0, 0.05) is 37.1 Å². The van der Waals surface area contributed by atoms with Gasteiger partial charge < -0.3 is 15.0 Å². The number of aromatic nitrogens is 1. The number of nitrogens with one attached hydrogen (secondary N) is 1. The van der Waals surface area contributed by atoms with Gasteiger partial charge in [0.05, 0.1) is 11.3 Å². The van der Waals surface area contributed by atoms with E-state index in [0.29, 0.717) is 23.0 Å². The molecular formula is C18H21ClN4O. The zero-order valence-corrected chi connectivity index (χ0v) is 14.4. The summed E-state index contributed by atoms with van der Waals surface area (Å²) < 4.78 is 2.02. The van der Waals surface area contributed by atoms with Crippen molar-refractivity contribution in [3.05, 3.63) is 42.3 Å². The molecule has 1 aliphatic carbocycles. The number of rotatable bonds is 7. The highest BCUT2D eigenvalue weighted by molar-refractivity contribution is 6.70. The molecule has 1 aliphatic rings. The molecule has 126 valence electrons. The highest BCUT2D eigenvalue weighted by Crippen LogP contribution is 2.40. The molecular weight excluding hydrogens is 324 g/mol. The maximum Gasteiger partial charge on any atom is 0.134 e. The van der Waals surface area contributed by atoms with E-state index in [1.54, 1.807) is 7.05 Å². The van der Waals surface area contributed by atoms with E-state index in [1.807, 2.05) is 10.8 Å². The number of aliphatic hydroxyl groups excluding tert-OH is 1. The predicted molar refractivity (Wildman–Crippen MR) is 101 cm³/mol. The molecule has 1 atom stereocenters. The summed E-state index contributed by atoms with van der Waals surface area (Å²) in [6.45, 7) is 7.37. The number of anilines is 1. The van der Waals surface area contributed by atoms with E-state index in [4.69, 9.17) is 18.0 Å². The van der Waals surface area contributed by atoms with Crippen LogP contribution in [-0.4, -0.2) is 28.1 Å². The Morgan fingerprint density at radius 1 is 1.62 bits per heavy atom. The molecule has 1 saturated carbocycles. The van der Waals surface area contributed by atoms with E-state index in [-0.39, 0.29) is 10.9 Å². The molecule has 0 saturated heterocycles. The Morgan fingerprint density at radius 2 is 2.33 bits per heavy atom. The maximum absolute atomic E-state index is 10.7. The van der Waals surface area contributed by atoms with Crippen LogP contribution in [-0.2, 0) is 0 Å². The minimum Gasteiger partial charge on any atom is -0.382 e. The minimum atomic E-state index is -1.02. The smallest absolute Gasteiger partial charge is 0.134 e. The van der Waals surface area contributed by atoms with Crippen molar-refractivity contribution in [3.8, 4) is 12.5 Å². The molecule has 1 fully saturated rings. The Balaban J connectivity index is 2.56. The molecule has 0 amide bonds. The highest BCUT2D eigenvalue weighted by atomic mass is 35.5. The Bertz CT molecular complexity index is 735. The second kappa shape index (κ2) is 8.00. The summed E-state index contributed by atoms with van der Waals surface area (Å²) in [6, 6.07) is 2.76. The van der Waals surface area contributed by atoms with Crippen LogP contribution >= 0.6 is 11.6 Å². The molecule has 0 bridgehead atoms. The number of halogens is 1. The molecule has 0 aromatic carbocycles. The van der Waals surface area contributed by atoms with Crippen LogP contribution in [0.5, 0.6) is 0 Å². The molecule has 5 nitrogen and oxygen atoms in total. The highest BCUT2D eigenvalue weighted by Gasteiger charge is 2.29. The zero-order chi connectivity index (χ0) is 17.7. The molecule has 24 heavy (non-hydrogen) atoms. The fraction of sp³-hybridized carbons (Fsp3) is 0.333. The van der Waals surface area contributed by atoms with Crippen LogP contribution in [0, 0.1) is 12.5 Å². The number of aliphatic imine (C=N–C) groups is 2. The fourth-order valence-corrected chi connectivity index (χ4v) is 2.83. The second-order valence-electron chi connectivity index (χ2n) is 5.49. The third-order valence-corrected chi connectivity index (χ3v) is 4.44. The van der Waals surface area contributed by atoms with Crippen LogP contribution < -0.4 is 5.32 Å². The Kier molecular flexibility index (Phi) is 6.02. The summed E-state index contributed by atoms with van der Waals surface area (Å²) in [6.07, 6.45) is 12.5. The van der Waals surface area contributed by atoms with Gasteiger partial charge in [-0.05, 0) is 19.3 Å². The van der Waals surface area contributed by atoms with Crippen LogP contribution in [0.3, 0.4) is 0 Å². The fourth-order valence-electron chi connectivity index (χ4n) is 2.63. The summed E-state index contributed by atoms with van der Waals surface area (Å²) in [4.78, 5) is 8.12. The van der Waals surface area contributed by atoms with Crippen molar-refractivity contribution in [1.82, 2.24) is 4.57 Å². The molecule has 1 heterocycles. The number of hydrogen-bond acceptors (Lipinski definition) is 4. The van der Waals surface area contributed by atoms with Gasteiger partial charge in [0.1, 0.15) is 17.1 Å². The van der Waals surface area contributed by atoms with E-state index in [2.05, 4.69) is 34.5 Å². The second-order valence-corrected chi connectivity index (χ2v) is 5.85. The first-order valence-corrected chi connectivity index (χ1v) is 8.03. The summed E-state index contributed by atoms with van der Waals surface area (Å²) in [7, 11) is 1.59. The predicted octanol–water partition coefficient (Wildman–Crippen LogP) is 3.63. The standard InChI is InChI=1S/C18H21ClN4O/c1-5-10-22-12(3)16(24)14-11-23(13-8-7-9-13)18(21-6-2)15(14)17(19)20-4/h2,5,10-11,13,16,21,24H,1,3,7-9H2,4H3/b20-17+,22-10-. The summed E-state index contributed by atoms with van der Waals surface area (Å²) in [5.41, 5.74) is 1.43. The molecule has 0 spiro atoms. The third-order valence-electron chi connectivity index (χ3n) is 4.08. The molecule has 6 heteroatoms. The van der Waals surface area contributed by atoms with Crippen molar-refractivity contribution in [1.29, 1.82) is 0 Å². The Hall–Kier alpha value is -2.29. The van der Waals surface area contributed by atoms with E-state index < -0.39 is 6.10 Å². The number of aliphatic hydroxyl groups is 1. The number of terminal acetylenes is 1. The van der Waals surface area contributed by atoms with E-state index in [1.165, 1.54) is 12.3 Å². The molecule has 2 N–H and O–H groups in total. The van der Waals surface area contributed by atoms with Gasteiger partial charge in [-0.15, -0.1) is 0 Å². The van der Waals surface area contributed by atoms with Crippen LogP contribution in [0.1, 0.15) is 42.5 Å². The normalized spacial score (nSPS) is 16.5. The number of hydrogen-bond donors (Lipinski definition) is 2. The van der Waals surface area contributed by atoms with Crippen molar-refractivity contribution >= 4 is 28.8 Å². The molecule has 0 aliphatic heterocycles. The van der Waals surface area contributed by atoms with Gasteiger partial charge >= 0.3 is 0 Å². The Labute approximate surface area is 147 Å². The van der Waals surface area contributed by atoms with E-state index >= 15 is 0 Å². The van der Waals surface area contributed by atoms with Crippen molar-refractivity contribution in [2.24, 2.45) is 9.98 Å².